The lowest BCUT2D eigenvalue weighted by Crippen LogP contribution is -1.98. The van der Waals surface area contributed by atoms with Crippen LogP contribution in [0.25, 0.3) is 91.8 Å². The van der Waals surface area contributed by atoms with Gasteiger partial charge in [0.2, 0.25) is 0 Å². The van der Waals surface area contributed by atoms with Gasteiger partial charge in [0, 0.05) is 58.3 Å². The minimum atomic E-state index is 0.738. The molecule has 4 nitrogen and oxygen atoms in total. The standard InChI is InChI=1S/C55H35N3O/c1-2-14-37(15-3-1)39-16-12-24-54-48(34-39)49-36-41(17-13-25-55(49)59-54)58-52-30-27-38(42-18-4-6-20-44(42)50-22-8-10-32-56-50)26-29-46(52)47-35-40(28-31-53(47)58)43-19-5-7-21-45(43)51-23-9-11-33-57-51/h1-11,14-28,30-36H,29H2. The molecule has 0 spiro atoms. The summed E-state index contributed by atoms with van der Waals surface area (Å²) in [5, 5.41) is 1.20. The predicted octanol–water partition coefficient (Wildman–Crippen LogP) is 13.6. The maximum atomic E-state index is 6.47. The number of aromatic nitrogens is 3. The van der Waals surface area contributed by atoms with Gasteiger partial charge in [-0.1, -0.05) is 109 Å². The molecule has 0 atom stereocenters. The van der Waals surface area contributed by atoms with Gasteiger partial charge >= 0.3 is 0 Å². The Labute approximate surface area is 342 Å². The lowest BCUT2D eigenvalue weighted by atomic mass is 9.95. The van der Waals surface area contributed by atoms with Crippen molar-refractivity contribution in [2.75, 3.05) is 0 Å². The number of rotatable bonds is 6. The van der Waals surface area contributed by atoms with E-state index in [1.165, 1.54) is 10.9 Å². The average Bonchev–Trinajstić information content (AvgIpc) is 3.47. The third-order valence-corrected chi connectivity index (χ3v) is 11.3. The molecule has 4 aromatic heterocycles. The summed E-state index contributed by atoms with van der Waals surface area (Å²) in [5.74, 6) is 1.55. The van der Waals surface area contributed by atoms with Crippen molar-refractivity contribution in [1.29, 1.82) is 0 Å². The molecule has 3 aliphatic rings. The fourth-order valence-corrected chi connectivity index (χ4v) is 8.55. The smallest absolute Gasteiger partial charge is 0.143 e. The Kier molecular flexibility index (Phi) is 8.42. The highest BCUT2D eigenvalue weighted by atomic mass is 16.3. The van der Waals surface area contributed by atoms with E-state index in [0.717, 1.165) is 102 Å². The van der Waals surface area contributed by atoms with Crippen LogP contribution >= 0.6 is 0 Å². The van der Waals surface area contributed by atoms with Crippen molar-refractivity contribution in [3.8, 4) is 33.6 Å². The van der Waals surface area contributed by atoms with Crippen LogP contribution in [0.1, 0.15) is 45.0 Å². The van der Waals surface area contributed by atoms with Crippen molar-refractivity contribution < 1.29 is 4.42 Å². The molecule has 0 N–H and O–H groups in total. The first-order valence-corrected chi connectivity index (χ1v) is 19.8. The van der Waals surface area contributed by atoms with Crippen LogP contribution in [-0.4, -0.2) is 14.5 Å². The molecule has 0 aliphatic heterocycles. The maximum Gasteiger partial charge on any atom is 0.143 e. The zero-order valence-electron chi connectivity index (χ0n) is 32.0. The molecule has 3 aliphatic carbocycles. The number of allylic oxidation sites excluding steroid dienone is 7. The number of nitrogens with zero attached hydrogens (tertiary/aromatic N) is 3. The molecule has 0 bridgehead atoms. The molecule has 59 heavy (non-hydrogen) atoms. The van der Waals surface area contributed by atoms with Gasteiger partial charge in [0.25, 0.3) is 0 Å². The predicted molar refractivity (Wildman–Crippen MR) is 243 cm³/mol. The molecule has 4 aromatic carbocycles. The van der Waals surface area contributed by atoms with Crippen molar-refractivity contribution in [1.82, 2.24) is 14.5 Å². The molecule has 0 amide bonds. The zero-order chi connectivity index (χ0) is 39.1. The van der Waals surface area contributed by atoms with Gasteiger partial charge in [-0.3, -0.25) is 9.97 Å². The molecule has 0 radical (unpaired) electrons. The molecular formula is C55H35N3O. The van der Waals surface area contributed by atoms with E-state index in [1.54, 1.807) is 0 Å². The minimum absolute atomic E-state index is 0.738. The molecule has 8 aromatic rings. The monoisotopic (exact) mass is 753 g/mol. The number of pyridine rings is 2. The summed E-state index contributed by atoms with van der Waals surface area (Å²) in [7, 11) is 0. The van der Waals surface area contributed by atoms with Gasteiger partial charge in [0.15, 0.2) is 0 Å². The van der Waals surface area contributed by atoms with E-state index in [1.807, 2.05) is 61.0 Å². The number of benzene rings is 4. The molecule has 0 saturated heterocycles. The van der Waals surface area contributed by atoms with E-state index < -0.39 is 0 Å². The van der Waals surface area contributed by atoms with Crippen LogP contribution in [0.3, 0.4) is 0 Å². The first kappa shape index (κ1) is 34.3. The van der Waals surface area contributed by atoms with Crippen LogP contribution in [-0.2, 0) is 6.42 Å². The van der Waals surface area contributed by atoms with E-state index in [9.17, 15) is 0 Å². The van der Waals surface area contributed by atoms with Crippen LogP contribution < -0.4 is 0 Å². The number of furan rings is 1. The fourth-order valence-electron chi connectivity index (χ4n) is 8.55. The van der Waals surface area contributed by atoms with Crippen molar-refractivity contribution in [2.45, 2.75) is 6.42 Å². The normalized spacial score (nSPS) is 13.8. The molecular weight excluding hydrogens is 719 g/mol. The maximum absolute atomic E-state index is 6.47. The number of hydrogen-bond acceptors (Lipinski definition) is 3. The van der Waals surface area contributed by atoms with Gasteiger partial charge in [-0.25, -0.2) is 0 Å². The van der Waals surface area contributed by atoms with Crippen molar-refractivity contribution in [2.24, 2.45) is 0 Å². The van der Waals surface area contributed by atoms with E-state index in [4.69, 9.17) is 14.4 Å². The quantitative estimate of drug-likeness (QED) is 0.159. The van der Waals surface area contributed by atoms with E-state index >= 15 is 0 Å². The molecule has 0 unspecified atom stereocenters. The average molecular weight is 754 g/mol. The summed E-state index contributed by atoms with van der Waals surface area (Å²) in [6.07, 6.45) is 23.8. The Morgan fingerprint density at radius 2 is 1.17 bits per heavy atom. The number of fused-ring (bicyclic) bond motifs is 6. The summed E-state index contributed by atoms with van der Waals surface area (Å²) in [6.45, 7) is 0. The highest BCUT2D eigenvalue weighted by molar-refractivity contribution is 6.02. The lowest BCUT2D eigenvalue weighted by molar-refractivity contribution is 0.546. The summed E-state index contributed by atoms with van der Waals surface area (Å²) in [4.78, 5) is 9.45. The third kappa shape index (κ3) is 6.14. The summed E-state index contributed by atoms with van der Waals surface area (Å²) >= 11 is 0. The molecule has 0 saturated carbocycles. The second kappa shape index (κ2) is 14.5. The van der Waals surface area contributed by atoms with Gasteiger partial charge in [0.1, 0.15) is 11.5 Å². The first-order valence-electron chi connectivity index (χ1n) is 19.8. The summed E-state index contributed by atoms with van der Waals surface area (Å²) in [6, 6.07) is 46.6. The second-order valence-electron chi connectivity index (χ2n) is 14.8. The van der Waals surface area contributed by atoms with Gasteiger partial charge in [-0.15, -0.1) is 11.5 Å². The molecule has 276 valence electrons. The summed E-state index contributed by atoms with van der Waals surface area (Å²) < 4.78 is 8.86. The van der Waals surface area contributed by atoms with Crippen LogP contribution in [0.5, 0.6) is 0 Å². The van der Waals surface area contributed by atoms with Gasteiger partial charge in [-0.2, -0.15) is 0 Å². The third-order valence-electron chi connectivity index (χ3n) is 11.3. The topological polar surface area (TPSA) is 43.9 Å². The Balaban J connectivity index is 1.11. The van der Waals surface area contributed by atoms with E-state index in [-0.39, 0.29) is 0 Å². The van der Waals surface area contributed by atoms with Crippen molar-refractivity contribution >= 4 is 58.1 Å². The highest BCUT2D eigenvalue weighted by Gasteiger charge is 2.24. The van der Waals surface area contributed by atoms with Crippen LogP contribution in [0.15, 0.2) is 186 Å². The van der Waals surface area contributed by atoms with Gasteiger partial charge < -0.3 is 8.98 Å². The molecule has 4 heteroatoms. The van der Waals surface area contributed by atoms with Crippen molar-refractivity contribution in [3.05, 3.63) is 227 Å². The number of hydrogen-bond donors (Lipinski definition) is 0. The van der Waals surface area contributed by atoms with Gasteiger partial charge in [-0.05, 0) is 106 Å². The second-order valence-corrected chi connectivity index (χ2v) is 14.8. The van der Waals surface area contributed by atoms with Crippen LogP contribution in [0, 0.1) is 0 Å². The fraction of sp³-hybridized carbons (Fsp3) is 0.0182. The summed E-state index contributed by atoms with van der Waals surface area (Å²) in [5.41, 5.74) is 24.3. The Bertz CT molecular complexity index is 3230. The lowest BCUT2D eigenvalue weighted by Gasteiger charge is -2.12. The molecule has 11 rings (SSSR count). The van der Waals surface area contributed by atoms with Gasteiger partial charge in [0.05, 0.1) is 28.3 Å². The first-order chi connectivity index (χ1) is 29.3. The molecule has 4 heterocycles. The largest absolute Gasteiger partial charge is 0.455 e. The van der Waals surface area contributed by atoms with Crippen molar-refractivity contribution in [3.63, 3.8) is 0 Å². The Morgan fingerprint density at radius 1 is 0.525 bits per heavy atom. The van der Waals surface area contributed by atoms with Crippen LogP contribution in [0.4, 0.5) is 0 Å². The molecule has 0 fully saturated rings. The SMILES string of the molecule is C1=CC(c2ccccc2)=Cc2c(oc3c2C=C(n2c4c(c5cc(-c6ccccc6-c6ccccn6)ccc52)CC=C(c2ccccc2-c2ccccn2)C=C4)C=C=C3)C=1. The van der Waals surface area contributed by atoms with E-state index in [0.29, 0.717) is 0 Å². The Hall–Kier alpha value is -8.00. The highest BCUT2D eigenvalue weighted by Crippen LogP contribution is 2.42. The van der Waals surface area contributed by atoms with Crippen LogP contribution in [0.2, 0.25) is 0 Å². The zero-order valence-corrected chi connectivity index (χ0v) is 32.0. The van der Waals surface area contributed by atoms with E-state index in [2.05, 4.69) is 156 Å². The minimum Gasteiger partial charge on any atom is -0.455 e. The Morgan fingerprint density at radius 3 is 1.90 bits per heavy atom.